The number of hydrogen-bond donors (Lipinski definition) is 4. The molecule has 0 aliphatic heterocycles. The van der Waals surface area contributed by atoms with Crippen LogP contribution >= 0.6 is 0 Å². The third-order valence-corrected chi connectivity index (χ3v) is 5.06. The van der Waals surface area contributed by atoms with Gasteiger partial charge in [0.25, 0.3) is 0 Å². The van der Waals surface area contributed by atoms with Crippen LogP contribution in [0.25, 0.3) is 0 Å². The Morgan fingerprint density at radius 1 is 1.32 bits per heavy atom. The molecule has 120 valence electrons. The second kappa shape index (κ2) is 4.94. The molecule has 5 atom stereocenters. The number of ketones is 1. The summed E-state index contributed by atoms with van der Waals surface area (Å²) in [6, 6.07) is 2.80. The second-order valence-corrected chi connectivity index (χ2v) is 6.45. The largest absolute Gasteiger partial charge is 0.507 e. The topological polar surface area (TPSA) is 107 Å². The Labute approximate surface area is 128 Å². The van der Waals surface area contributed by atoms with E-state index in [1.165, 1.54) is 26.2 Å². The van der Waals surface area contributed by atoms with Gasteiger partial charge >= 0.3 is 0 Å². The van der Waals surface area contributed by atoms with Crippen LogP contribution in [0.4, 0.5) is 0 Å². The zero-order valence-electron chi connectivity index (χ0n) is 12.5. The van der Waals surface area contributed by atoms with E-state index in [-0.39, 0.29) is 29.1 Å². The standard InChI is InChI=1S/C16H20O6/c1-16(21)4-3-8-12(15(16)20)14(19)9-5-7(22-2)6-10(17)11(9)13(8)18/h5-6,8,12-13,15,17-18,20-21H,3-4H2,1-2H3/t8?,12?,13?,15?,16-/m1/s1. The fraction of sp³-hybridized carbons (Fsp3) is 0.562. The number of ether oxygens (including phenoxy) is 1. The maximum absolute atomic E-state index is 12.8. The highest BCUT2D eigenvalue weighted by Crippen LogP contribution is 2.51. The van der Waals surface area contributed by atoms with Gasteiger partial charge < -0.3 is 25.2 Å². The van der Waals surface area contributed by atoms with Gasteiger partial charge in [-0.3, -0.25) is 4.79 Å². The summed E-state index contributed by atoms with van der Waals surface area (Å²) in [6.45, 7) is 1.49. The minimum absolute atomic E-state index is 0.141. The lowest BCUT2D eigenvalue weighted by Gasteiger charge is -2.47. The van der Waals surface area contributed by atoms with Crippen molar-refractivity contribution in [2.24, 2.45) is 11.8 Å². The van der Waals surface area contributed by atoms with Gasteiger partial charge in [0.2, 0.25) is 0 Å². The number of aliphatic hydroxyl groups is 3. The average molecular weight is 308 g/mol. The Hall–Kier alpha value is -1.63. The first kappa shape index (κ1) is 15.3. The maximum atomic E-state index is 12.8. The van der Waals surface area contributed by atoms with Gasteiger partial charge in [-0.05, 0) is 25.8 Å². The molecule has 0 aromatic heterocycles. The Bertz CT molecular complexity index is 623. The number of methoxy groups -OCH3 is 1. The number of aliphatic hydroxyl groups excluding tert-OH is 2. The molecule has 2 aliphatic carbocycles. The second-order valence-electron chi connectivity index (χ2n) is 6.45. The summed E-state index contributed by atoms with van der Waals surface area (Å²) in [7, 11) is 1.41. The molecule has 1 aromatic rings. The van der Waals surface area contributed by atoms with E-state index >= 15 is 0 Å². The summed E-state index contributed by atoms with van der Waals surface area (Å²) in [5, 5.41) is 41.3. The first-order valence-corrected chi connectivity index (χ1v) is 7.31. The Morgan fingerprint density at radius 3 is 2.64 bits per heavy atom. The lowest BCUT2D eigenvalue weighted by atomic mass is 9.61. The molecule has 0 amide bonds. The molecule has 0 radical (unpaired) electrons. The van der Waals surface area contributed by atoms with Crippen molar-refractivity contribution in [3.8, 4) is 11.5 Å². The maximum Gasteiger partial charge on any atom is 0.169 e. The number of phenolic OH excluding ortho intramolecular Hbond substituents is 1. The lowest BCUT2D eigenvalue weighted by Crippen LogP contribution is -2.56. The van der Waals surface area contributed by atoms with Gasteiger partial charge in [-0.2, -0.15) is 0 Å². The van der Waals surface area contributed by atoms with Crippen LogP contribution in [0, 0.1) is 11.8 Å². The molecular weight excluding hydrogens is 288 g/mol. The number of aromatic hydroxyl groups is 1. The van der Waals surface area contributed by atoms with Gasteiger partial charge in [0.1, 0.15) is 11.5 Å². The van der Waals surface area contributed by atoms with Crippen molar-refractivity contribution in [3.63, 3.8) is 0 Å². The number of carbonyl (C=O) groups is 1. The Kier molecular flexibility index (Phi) is 3.43. The van der Waals surface area contributed by atoms with E-state index in [2.05, 4.69) is 0 Å². The van der Waals surface area contributed by atoms with Crippen LogP contribution in [0.1, 0.15) is 41.8 Å². The first-order valence-electron chi connectivity index (χ1n) is 7.31. The molecular formula is C16H20O6. The molecule has 2 aliphatic rings. The molecule has 3 rings (SSSR count). The molecule has 0 bridgehead atoms. The SMILES string of the molecule is COc1cc(O)c2c(c1)C(=O)C1C(CC[C@@](C)(O)C1O)C2O. The number of fused-ring (bicyclic) bond motifs is 2. The van der Waals surface area contributed by atoms with Gasteiger partial charge in [-0.1, -0.05) is 0 Å². The van der Waals surface area contributed by atoms with E-state index < -0.39 is 29.6 Å². The summed E-state index contributed by atoms with van der Waals surface area (Å²) in [5.74, 6) is -1.69. The van der Waals surface area contributed by atoms with Crippen LogP contribution in [0.15, 0.2) is 12.1 Å². The molecule has 0 spiro atoms. The monoisotopic (exact) mass is 308 g/mol. The van der Waals surface area contributed by atoms with Crippen molar-refractivity contribution in [2.45, 2.75) is 37.6 Å². The van der Waals surface area contributed by atoms with Crippen molar-refractivity contribution in [1.29, 1.82) is 0 Å². The number of phenols is 1. The molecule has 1 aromatic carbocycles. The van der Waals surface area contributed by atoms with Crippen molar-refractivity contribution < 1.29 is 30.0 Å². The molecule has 4 N–H and O–H groups in total. The van der Waals surface area contributed by atoms with Crippen LogP contribution < -0.4 is 4.74 Å². The van der Waals surface area contributed by atoms with Crippen molar-refractivity contribution >= 4 is 5.78 Å². The highest BCUT2D eigenvalue weighted by molar-refractivity contribution is 6.02. The van der Waals surface area contributed by atoms with E-state index in [4.69, 9.17) is 4.74 Å². The van der Waals surface area contributed by atoms with Crippen LogP contribution in [-0.4, -0.2) is 45.0 Å². The summed E-state index contributed by atoms with van der Waals surface area (Å²) in [5.41, 5.74) is -1.04. The first-order chi connectivity index (χ1) is 10.3. The van der Waals surface area contributed by atoms with E-state index in [1.807, 2.05) is 0 Å². The van der Waals surface area contributed by atoms with Gasteiger partial charge in [-0.25, -0.2) is 0 Å². The zero-order chi connectivity index (χ0) is 16.2. The van der Waals surface area contributed by atoms with Crippen LogP contribution in [0.3, 0.4) is 0 Å². The highest BCUT2D eigenvalue weighted by atomic mass is 16.5. The predicted molar refractivity (Wildman–Crippen MR) is 76.8 cm³/mol. The van der Waals surface area contributed by atoms with E-state index in [1.54, 1.807) is 0 Å². The van der Waals surface area contributed by atoms with E-state index in [0.717, 1.165) is 0 Å². The number of rotatable bonds is 1. The third kappa shape index (κ3) is 2.02. The third-order valence-electron chi connectivity index (χ3n) is 5.06. The molecule has 0 heterocycles. The summed E-state index contributed by atoms with van der Waals surface area (Å²) in [6.07, 6.45) is -1.64. The zero-order valence-corrected chi connectivity index (χ0v) is 12.5. The minimum atomic E-state index is -1.37. The lowest BCUT2D eigenvalue weighted by molar-refractivity contribution is -0.138. The molecule has 22 heavy (non-hydrogen) atoms. The highest BCUT2D eigenvalue weighted by Gasteiger charge is 2.54. The molecule has 6 heteroatoms. The fourth-order valence-corrected chi connectivity index (χ4v) is 3.74. The number of hydrogen-bond acceptors (Lipinski definition) is 6. The fourth-order valence-electron chi connectivity index (χ4n) is 3.74. The Morgan fingerprint density at radius 2 is 2.00 bits per heavy atom. The summed E-state index contributed by atoms with van der Waals surface area (Å²) < 4.78 is 5.04. The molecule has 0 saturated heterocycles. The summed E-state index contributed by atoms with van der Waals surface area (Å²) >= 11 is 0. The predicted octanol–water partition coefficient (Wildman–Crippen LogP) is 0.769. The van der Waals surface area contributed by atoms with Crippen molar-refractivity contribution in [2.75, 3.05) is 7.11 Å². The molecule has 1 saturated carbocycles. The smallest absolute Gasteiger partial charge is 0.169 e. The Balaban J connectivity index is 2.14. The molecule has 1 fully saturated rings. The quantitative estimate of drug-likeness (QED) is 0.610. The molecule has 6 nitrogen and oxygen atoms in total. The number of carbonyl (C=O) groups excluding carboxylic acids is 1. The van der Waals surface area contributed by atoms with Crippen LogP contribution in [0.2, 0.25) is 0 Å². The van der Waals surface area contributed by atoms with Crippen molar-refractivity contribution in [1.82, 2.24) is 0 Å². The number of Topliss-reactive ketones (excluding diaryl/α,β-unsaturated/α-hetero) is 1. The van der Waals surface area contributed by atoms with Gasteiger partial charge in [0.15, 0.2) is 5.78 Å². The van der Waals surface area contributed by atoms with E-state index in [9.17, 15) is 25.2 Å². The van der Waals surface area contributed by atoms with Crippen LogP contribution in [0.5, 0.6) is 11.5 Å². The van der Waals surface area contributed by atoms with Gasteiger partial charge in [0.05, 0.1) is 30.8 Å². The average Bonchev–Trinajstić information content (AvgIpc) is 2.46. The minimum Gasteiger partial charge on any atom is -0.507 e. The normalized spacial score (nSPS) is 37.4. The van der Waals surface area contributed by atoms with Gasteiger partial charge in [0, 0.05) is 23.1 Å². The molecule has 4 unspecified atom stereocenters. The number of benzene rings is 1. The van der Waals surface area contributed by atoms with E-state index in [0.29, 0.717) is 12.2 Å². The van der Waals surface area contributed by atoms with Gasteiger partial charge in [-0.15, -0.1) is 0 Å². The van der Waals surface area contributed by atoms with Crippen molar-refractivity contribution in [3.05, 3.63) is 23.3 Å². The summed E-state index contributed by atoms with van der Waals surface area (Å²) in [4.78, 5) is 12.8. The van der Waals surface area contributed by atoms with Crippen LogP contribution in [-0.2, 0) is 0 Å².